The molecule has 2 aromatic heterocycles. The molecule has 0 saturated carbocycles. The highest BCUT2D eigenvalue weighted by molar-refractivity contribution is 5.98. The maximum atomic E-state index is 11.9. The first-order chi connectivity index (χ1) is 11.1. The normalized spacial score (nSPS) is 10.9. The van der Waals surface area contributed by atoms with Gasteiger partial charge in [-0.2, -0.15) is 0 Å². The molecule has 2 heterocycles. The van der Waals surface area contributed by atoms with E-state index in [-0.39, 0.29) is 22.7 Å². The molecule has 0 saturated heterocycles. The van der Waals surface area contributed by atoms with Crippen LogP contribution in [0.4, 0.5) is 5.88 Å². The zero-order chi connectivity index (χ0) is 16.4. The quantitative estimate of drug-likeness (QED) is 0.709. The van der Waals surface area contributed by atoms with Crippen LogP contribution in [0, 0.1) is 6.92 Å². The molecule has 0 radical (unpaired) electrons. The summed E-state index contributed by atoms with van der Waals surface area (Å²) in [6, 6.07) is 9.41. The Morgan fingerprint density at radius 3 is 2.87 bits per heavy atom. The minimum absolute atomic E-state index is 0.0783. The molecule has 0 unspecified atom stereocenters. The molecule has 118 valence electrons. The van der Waals surface area contributed by atoms with Crippen LogP contribution >= 0.6 is 0 Å². The van der Waals surface area contributed by atoms with Gasteiger partial charge in [-0.05, 0) is 31.9 Å². The number of H-pyrrole nitrogens is 1. The van der Waals surface area contributed by atoms with Gasteiger partial charge >= 0.3 is 0 Å². The smallest absolute Gasteiger partial charge is 0.207 e. The molecule has 2 N–H and O–H groups in total. The van der Waals surface area contributed by atoms with Gasteiger partial charge in [-0.15, -0.1) is 0 Å². The van der Waals surface area contributed by atoms with Crippen molar-refractivity contribution in [1.82, 2.24) is 4.98 Å². The minimum Gasteiger partial charge on any atom is -0.445 e. The lowest BCUT2D eigenvalue weighted by molar-refractivity contribution is 0.101. The van der Waals surface area contributed by atoms with Crippen molar-refractivity contribution in [1.29, 1.82) is 0 Å². The molecule has 0 aliphatic rings. The number of anilines is 1. The lowest BCUT2D eigenvalue weighted by atomic mass is 10.1. The average molecular weight is 310 g/mol. The maximum absolute atomic E-state index is 11.9. The summed E-state index contributed by atoms with van der Waals surface area (Å²) in [6.45, 7) is 3.62. The van der Waals surface area contributed by atoms with E-state index in [0.29, 0.717) is 12.3 Å². The summed E-state index contributed by atoms with van der Waals surface area (Å²) in [7, 11) is 0. The van der Waals surface area contributed by atoms with E-state index in [9.17, 15) is 9.59 Å². The van der Waals surface area contributed by atoms with E-state index in [4.69, 9.17) is 4.42 Å². The molecule has 0 bridgehead atoms. The van der Waals surface area contributed by atoms with E-state index in [0.717, 1.165) is 11.9 Å². The van der Waals surface area contributed by atoms with Gasteiger partial charge in [-0.3, -0.25) is 9.59 Å². The molecule has 0 spiro atoms. The zero-order valence-electron chi connectivity index (χ0n) is 13.1. The average Bonchev–Trinajstić information content (AvgIpc) is 2.89. The Morgan fingerprint density at radius 2 is 2.09 bits per heavy atom. The molecule has 1 aromatic carbocycles. The predicted octanol–water partition coefficient (Wildman–Crippen LogP) is 3.29. The van der Waals surface area contributed by atoms with Crippen LogP contribution in [-0.2, 0) is 6.42 Å². The van der Waals surface area contributed by atoms with Crippen LogP contribution in [0.2, 0.25) is 0 Å². The van der Waals surface area contributed by atoms with E-state index in [2.05, 4.69) is 16.4 Å². The Morgan fingerprint density at radius 1 is 1.30 bits per heavy atom. The zero-order valence-corrected chi connectivity index (χ0v) is 13.1. The summed E-state index contributed by atoms with van der Waals surface area (Å²) >= 11 is 0. The third-order valence-corrected chi connectivity index (χ3v) is 3.78. The summed E-state index contributed by atoms with van der Waals surface area (Å²) in [4.78, 5) is 26.8. The van der Waals surface area contributed by atoms with Crippen molar-refractivity contribution in [3.63, 3.8) is 0 Å². The molecular formula is C18H18N2O3. The fourth-order valence-corrected chi connectivity index (χ4v) is 2.72. The molecule has 0 amide bonds. The summed E-state index contributed by atoms with van der Waals surface area (Å²) in [5, 5.41) is 4.25. The van der Waals surface area contributed by atoms with Crippen LogP contribution in [0.3, 0.4) is 0 Å². The van der Waals surface area contributed by atoms with Gasteiger partial charge in [-0.25, -0.2) is 0 Å². The molecule has 0 aliphatic heterocycles. The number of aromatic nitrogens is 1. The van der Waals surface area contributed by atoms with Crippen molar-refractivity contribution < 1.29 is 9.21 Å². The van der Waals surface area contributed by atoms with Crippen LogP contribution in [0.15, 0.2) is 45.7 Å². The third-order valence-electron chi connectivity index (χ3n) is 3.78. The van der Waals surface area contributed by atoms with E-state index in [1.54, 1.807) is 6.92 Å². The van der Waals surface area contributed by atoms with Gasteiger partial charge < -0.3 is 14.7 Å². The monoisotopic (exact) mass is 310 g/mol. The van der Waals surface area contributed by atoms with Crippen LogP contribution in [0.1, 0.15) is 28.6 Å². The number of carbonyl (C=O) groups is 1. The number of rotatable bonds is 5. The molecular weight excluding hydrogens is 292 g/mol. The van der Waals surface area contributed by atoms with Crippen molar-refractivity contribution in [2.45, 2.75) is 20.3 Å². The Labute approximate surface area is 133 Å². The van der Waals surface area contributed by atoms with Crippen molar-refractivity contribution in [2.24, 2.45) is 0 Å². The van der Waals surface area contributed by atoms with Crippen molar-refractivity contribution >= 4 is 22.6 Å². The van der Waals surface area contributed by atoms with Crippen molar-refractivity contribution in [3.8, 4) is 0 Å². The number of para-hydroxylation sites is 1. The number of Topliss-reactive ketones (excluding diaryl/α,β-unsaturated/α-hetero) is 1. The molecule has 0 atom stereocenters. The van der Waals surface area contributed by atoms with Gasteiger partial charge in [0, 0.05) is 29.7 Å². The second-order valence-electron chi connectivity index (χ2n) is 5.52. The summed E-state index contributed by atoms with van der Waals surface area (Å²) in [5.74, 6) is 0.435. The standard InChI is InChI=1S/C18H18N2O3/c1-11-9-16(22)17(12(2)21)18(23-11)19-8-7-13-10-20-15-6-4-3-5-14(13)15/h3-6,9-10,19-20H,7-8H2,1-2H3. The van der Waals surface area contributed by atoms with Crippen LogP contribution in [0.5, 0.6) is 0 Å². The number of carbonyl (C=O) groups excluding carboxylic acids is 1. The molecule has 5 nitrogen and oxygen atoms in total. The number of benzene rings is 1. The van der Waals surface area contributed by atoms with Gasteiger partial charge in [0.1, 0.15) is 11.3 Å². The Bertz CT molecular complexity index is 921. The van der Waals surface area contributed by atoms with Gasteiger partial charge in [0.05, 0.1) is 0 Å². The number of hydrogen-bond acceptors (Lipinski definition) is 4. The SMILES string of the molecule is CC(=O)c1c(NCCc2c[nH]c3ccccc23)oc(C)cc1=O. The third kappa shape index (κ3) is 3.04. The highest BCUT2D eigenvalue weighted by atomic mass is 16.4. The summed E-state index contributed by atoms with van der Waals surface area (Å²) in [6.07, 6.45) is 2.73. The van der Waals surface area contributed by atoms with Gasteiger partial charge in [0.2, 0.25) is 5.88 Å². The van der Waals surface area contributed by atoms with Gasteiger partial charge in [0.15, 0.2) is 11.2 Å². The molecule has 0 aliphatic carbocycles. The van der Waals surface area contributed by atoms with Crippen molar-refractivity contribution in [2.75, 3.05) is 11.9 Å². The van der Waals surface area contributed by atoms with Crippen LogP contribution in [-0.4, -0.2) is 17.3 Å². The number of aryl methyl sites for hydroxylation is 1. The van der Waals surface area contributed by atoms with Crippen LogP contribution in [0.25, 0.3) is 10.9 Å². The van der Waals surface area contributed by atoms with Gasteiger partial charge in [0.25, 0.3) is 0 Å². The highest BCUT2D eigenvalue weighted by Crippen LogP contribution is 2.19. The Balaban J connectivity index is 1.79. The second-order valence-corrected chi connectivity index (χ2v) is 5.52. The van der Waals surface area contributed by atoms with E-state index in [1.165, 1.54) is 23.9 Å². The highest BCUT2D eigenvalue weighted by Gasteiger charge is 2.15. The first kappa shape index (κ1) is 15.1. The number of hydrogen-bond donors (Lipinski definition) is 2. The fourth-order valence-electron chi connectivity index (χ4n) is 2.72. The van der Waals surface area contributed by atoms with Crippen LogP contribution < -0.4 is 10.7 Å². The number of ketones is 1. The van der Waals surface area contributed by atoms with E-state index >= 15 is 0 Å². The minimum atomic E-state index is -0.309. The maximum Gasteiger partial charge on any atom is 0.207 e. The Hall–Kier alpha value is -2.82. The number of aromatic amines is 1. The van der Waals surface area contributed by atoms with Gasteiger partial charge in [-0.1, -0.05) is 18.2 Å². The molecule has 0 fully saturated rings. The topological polar surface area (TPSA) is 75.1 Å². The number of fused-ring (bicyclic) bond motifs is 1. The largest absolute Gasteiger partial charge is 0.445 e. The molecule has 3 rings (SSSR count). The molecule has 3 aromatic rings. The first-order valence-electron chi connectivity index (χ1n) is 7.51. The lowest BCUT2D eigenvalue weighted by Crippen LogP contribution is -2.17. The fraction of sp³-hybridized carbons (Fsp3) is 0.222. The molecule has 5 heteroatoms. The summed E-state index contributed by atoms with van der Waals surface area (Å²) < 4.78 is 5.52. The number of nitrogens with one attached hydrogen (secondary N) is 2. The molecule has 23 heavy (non-hydrogen) atoms. The Kier molecular flexibility index (Phi) is 4.02. The lowest BCUT2D eigenvalue weighted by Gasteiger charge is -2.09. The summed E-state index contributed by atoms with van der Waals surface area (Å²) in [5.41, 5.74) is 2.03. The first-order valence-corrected chi connectivity index (χ1v) is 7.51. The van der Waals surface area contributed by atoms with E-state index < -0.39 is 0 Å². The van der Waals surface area contributed by atoms with Crippen molar-refractivity contribution in [3.05, 3.63) is 63.6 Å². The van der Waals surface area contributed by atoms with E-state index in [1.807, 2.05) is 24.4 Å². The predicted molar refractivity (Wildman–Crippen MR) is 90.2 cm³/mol. The second kappa shape index (κ2) is 6.12.